The van der Waals surface area contributed by atoms with E-state index in [-0.39, 0.29) is 18.4 Å². The van der Waals surface area contributed by atoms with Gasteiger partial charge in [0.15, 0.2) is 0 Å². The van der Waals surface area contributed by atoms with E-state index in [1.165, 1.54) is 16.7 Å². The van der Waals surface area contributed by atoms with E-state index in [1.54, 1.807) is 0 Å². The van der Waals surface area contributed by atoms with Gasteiger partial charge in [0.2, 0.25) is 0 Å². The standard InChI is InChI=1S/C20H28O3/c1-14(2)6-5-7-15(3)8-9-17-12-20(11-10-16(17)4)13-18(21)23-19(20)22/h6,8,10,17H,5,7,9,11-13H2,1-4H3/b15-8+. The molecule has 1 saturated heterocycles. The highest BCUT2D eigenvalue weighted by molar-refractivity contribution is 5.97. The normalized spacial score (nSPS) is 27.9. The zero-order valence-electron chi connectivity index (χ0n) is 14.8. The average Bonchev–Trinajstić information content (AvgIpc) is 2.74. The molecule has 0 aromatic rings. The molecule has 2 unspecified atom stereocenters. The summed E-state index contributed by atoms with van der Waals surface area (Å²) in [7, 11) is 0. The van der Waals surface area contributed by atoms with Gasteiger partial charge in [-0.25, -0.2) is 0 Å². The molecule has 0 aromatic carbocycles. The first-order valence-electron chi connectivity index (χ1n) is 8.53. The molecule has 126 valence electrons. The quantitative estimate of drug-likeness (QED) is 0.412. The Hall–Kier alpha value is -1.64. The molecule has 0 amide bonds. The molecule has 1 aliphatic heterocycles. The Bertz CT molecular complexity index is 576. The van der Waals surface area contributed by atoms with E-state index in [9.17, 15) is 9.59 Å². The van der Waals surface area contributed by atoms with Crippen LogP contribution in [-0.2, 0) is 14.3 Å². The van der Waals surface area contributed by atoms with Crippen LogP contribution in [0.25, 0.3) is 0 Å². The first-order chi connectivity index (χ1) is 10.8. The Labute approximate surface area is 139 Å². The lowest BCUT2D eigenvalue weighted by Crippen LogP contribution is -2.32. The van der Waals surface area contributed by atoms with Crippen molar-refractivity contribution in [3.63, 3.8) is 0 Å². The third-order valence-corrected chi connectivity index (χ3v) is 5.06. The van der Waals surface area contributed by atoms with Gasteiger partial charge in [-0.3, -0.25) is 9.59 Å². The van der Waals surface area contributed by atoms with Crippen LogP contribution in [0.2, 0.25) is 0 Å². The molecule has 0 radical (unpaired) electrons. The number of hydrogen-bond donors (Lipinski definition) is 0. The summed E-state index contributed by atoms with van der Waals surface area (Å²) in [4.78, 5) is 23.5. The number of hydrogen-bond acceptors (Lipinski definition) is 3. The van der Waals surface area contributed by atoms with E-state index in [1.807, 2.05) is 0 Å². The summed E-state index contributed by atoms with van der Waals surface area (Å²) in [5.41, 5.74) is 3.48. The fourth-order valence-corrected chi connectivity index (χ4v) is 3.45. The van der Waals surface area contributed by atoms with E-state index in [2.05, 4.69) is 45.9 Å². The van der Waals surface area contributed by atoms with Gasteiger partial charge in [0.25, 0.3) is 0 Å². The highest BCUT2D eigenvalue weighted by Gasteiger charge is 2.50. The van der Waals surface area contributed by atoms with E-state index >= 15 is 0 Å². The minimum atomic E-state index is -0.592. The molecule has 2 aliphatic rings. The molecule has 2 rings (SSSR count). The van der Waals surface area contributed by atoms with Crippen LogP contribution in [0.15, 0.2) is 34.9 Å². The molecule has 23 heavy (non-hydrogen) atoms. The summed E-state index contributed by atoms with van der Waals surface area (Å²) in [6, 6.07) is 0. The molecule has 1 aliphatic carbocycles. The molecule has 1 fully saturated rings. The lowest BCUT2D eigenvalue weighted by molar-refractivity contribution is -0.155. The Morgan fingerprint density at radius 2 is 2.04 bits per heavy atom. The Kier molecular flexibility index (Phi) is 5.61. The molecule has 0 aromatic heterocycles. The lowest BCUT2D eigenvalue weighted by atomic mass is 9.68. The number of cyclic esters (lactones) is 2. The molecule has 3 heteroatoms. The van der Waals surface area contributed by atoms with Gasteiger partial charge in [0.1, 0.15) is 0 Å². The Morgan fingerprint density at radius 1 is 1.30 bits per heavy atom. The number of ether oxygens (including phenoxy) is 1. The minimum Gasteiger partial charge on any atom is -0.393 e. The fraction of sp³-hybridized carbons (Fsp3) is 0.600. The third kappa shape index (κ3) is 4.43. The largest absolute Gasteiger partial charge is 0.393 e. The molecule has 3 nitrogen and oxygen atoms in total. The molecular formula is C20H28O3. The predicted octanol–water partition coefficient (Wildman–Crippen LogP) is 4.89. The van der Waals surface area contributed by atoms with Crippen molar-refractivity contribution < 1.29 is 14.3 Å². The highest BCUT2D eigenvalue weighted by atomic mass is 16.6. The summed E-state index contributed by atoms with van der Waals surface area (Å²) in [6.07, 6.45) is 11.4. The van der Waals surface area contributed by atoms with Crippen LogP contribution < -0.4 is 0 Å². The van der Waals surface area contributed by atoms with Gasteiger partial charge >= 0.3 is 11.9 Å². The van der Waals surface area contributed by atoms with Gasteiger partial charge in [-0.15, -0.1) is 0 Å². The van der Waals surface area contributed by atoms with E-state index in [0.29, 0.717) is 12.3 Å². The molecule has 1 spiro atoms. The first-order valence-corrected chi connectivity index (χ1v) is 8.53. The number of rotatable bonds is 5. The molecular weight excluding hydrogens is 288 g/mol. The van der Waals surface area contributed by atoms with Gasteiger partial charge in [-0.2, -0.15) is 0 Å². The average molecular weight is 316 g/mol. The molecule has 1 heterocycles. The summed E-state index contributed by atoms with van der Waals surface area (Å²) < 4.78 is 4.81. The Morgan fingerprint density at radius 3 is 2.65 bits per heavy atom. The second-order valence-corrected chi connectivity index (χ2v) is 7.38. The number of carbonyl (C=O) groups excluding carboxylic acids is 2. The molecule has 0 bridgehead atoms. The summed E-state index contributed by atoms with van der Waals surface area (Å²) >= 11 is 0. The van der Waals surface area contributed by atoms with Crippen molar-refractivity contribution in [3.8, 4) is 0 Å². The van der Waals surface area contributed by atoms with E-state index < -0.39 is 5.41 Å². The summed E-state index contributed by atoms with van der Waals surface area (Å²) in [5, 5.41) is 0. The number of esters is 2. The van der Waals surface area contributed by atoms with Gasteiger partial charge in [0.05, 0.1) is 11.8 Å². The van der Waals surface area contributed by atoms with Crippen molar-refractivity contribution in [2.45, 2.75) is 66.2 Å². The maximum atomic E-state index is 12.1. The van der Waals surface area contributed by atoms with Crippen LogP contribution in [-0.4, -0.2) is 11.9 Å². The van der Waals surface area contributed by atoms with Crippen LogP contribution in [0.1, 0.15) is 66.2 Å². The first kappa shape index (κ1) is 17.7. The van der Waals surface area contributed by atoms with Gasteiger partial charge < -0.3 is 4.74 Å². The van der Waals surface area contributed by atoms with Crippen molar-refractivity contribution in [1.29, 1.82) is 0 Å². The number of carbonyl (C=O) groups is 2. The smallest absolute Gasteiger partial charge is 0.320 e. The van der Waals surface area contributed by atoms with E-state index in [0.717, 1.165) is 25.7 Å². The lowest BCUT2D eigenvalue weighted by Gasteiger charge is -2.32. The van der Waals surface area contributed by atoms with Gasteiger partial charge in [-0.1, -0.05) is 34.9 Å². The SMILES string of the molecule is CC(C)=CCC/C(C)=C/CC1CC2(CC=C1C)CC(=O)OC2=O. The maximum Gasteiger partial charge on any atom is 0.320 e. The summed E-state index contributed by atoms with van der Waals surface area (Å²) in [6.45, 7) is 8.54. The minimum absolute atomic E-state index is 0.245. The van der Waals surface area contributed by atoms with Crippen LogP contribution in [0.5, 0.6) is 0 Å². The monoisotopic (exact) mass is 316 g/mol. The molecule has 0 saturated carbocycles. The third-order valence-electron chi connectivity index (χ3n) is 5.06. The summed E-state index contributed by atoms with van der Waals surface area (Å²) in [5.74, 6) is -0.351. The predicted molar refractivity (Wildman–Crippen MR) is 91.7 cm³/mol. The van der Waals surface area contributed by atoms with Crippen molar-refractivity contribution >= 4 is 11.9 Å². The van der Waals surface area contributed by atoms with Gasteiger partial charge in [-0.05, 0) is 65.7 Å². The van der Waals surface area contributed by atoms with Crippen LogP contribution in [0.4, 0.5) is 0 Å². The zero-order chi connectivity index (χ0) is 17.0. The second-order valence-electron chi connectivity index (χ2n) is 7.38. The topological polar surface area (TPSA) is 43.4 Å². The maximum absolute atomic E-state index is 12.1. The second kappa shape index (κ2) is 7.29. The van der Waals surface area contributed by atoms with Crippen LogP contribution >= 0.6 is 0 Å². The molecule has 0 N–H and O–H groups in total. The van der Waals surface area contributed by atoms with Crippen molar-refractivity contribution in [2.75, 3.05) is 0 Å². The van der Waals surface area contributed by atoms with Gasteiger partial charge in [0, 0.05) is 0 Å². The van der Waals surface area contributed by atoms with Crippen LogP contribution in [0, 0.1) is 11.3 Å². The Balaban J connectivity index is 1.98. The van der Waals surface area contributed by atoms with Crippen molar-refractivity contribution in [3.05, 3.63) is 34.9 Å². The van der Waals surface area contributed by atoms with E-state index in [4.69, 9.17) is 4.74 Å². The van der Waals surface area contributed by atoms with Crippen molar-refractivity contribution in [1.82, 2.24) is 0 Å². The van der Waals surface area contributed by atoms with Crippen molar-refractivity contribution in [2.24, 2.45) is 11.3 Å². The molecule has 2 atom stereocenters. The van der Waals surface area contributed by atoms with Crippen LogP contribution in [0.3, 0.4) is 0 Å². The number of allylic oxidation sites excluding steroid dienone is 6. The fourth-order valence-electron chi connectivity index (χ4n) is 3.45. The highest BCUT2D eigenvalue weighted by Crippen LogP contribution is 2.46. The zero-order valence-corrected chi connectivity index (χ0v) is 14.8.